The zero-order valence-electron chi connectivity index (χ0n) is 13.3. The summed E-state index contributed by atoms with van der Waals surface area (Å²) >= 11 is 1.74. The second kappa shape index (κ2) is 8.41. The van der Waals surface area contributed by atoms with E-state index in [1.807, 2.05) is 38.1 Å². The zero-order valence-corrected chi connectivity index (χ0v) is 14.1. The lowest BCUT2D eigenvalue weighted by Crippen LogP contribution is -2.25. The van der Waals surface area contributed by atoms with Crippen molar-refractivity contribution in [2.75, 3.05) is 23.4 Å². The van der Waals surface area contributed by atoms with Crippen molar-refractivity contribution in [1.29, 1.82) is 0 Å². The molecule has 5 heteroatoms. The molecular weight excluding hydrogens is 284 g/mol. The topological polar surface area (TPSA) is 61.4 Å². The number of hydrogen-bond donors (Lipinski definition) is 3. The summed E-state index contributed by atoms with van der Waals surface area (Å²) in [6, 6.07) is 8.09. The third-order valence-electron chi connectivity index (χ3n) is 2.86. The van der Waals surface area contributed by atoms with Crippen LogP contribution in [0.25, 0.3) is 0 Å². The van der Waals surface area contributed by atoms with E-state index in [2.05, 4.69) is 17.6 Å². The van der Waals surface area contributed by atoms with Crippen LogP contribution in [0.3, 0.4) is 0 Å². The smallest absolute Gasteiger partial charge is 0.221 e. The highest BCUT2D eigenvalue weighted by molar-refractivity contribution is 7.99. The van der Waals surface area contributed by atoms with Crippen molar-refractivity contribution in [3.05, 3.63) is 29.8 Å². The largest absolute Gasteiger partial charge is 0.390 e. The Hall–Kier alpha value is -1.04. The third-order valence-corrected chi connectivity index (χ3v) is 4.26. The Kier molecular flexibility index (Phi) is 7.22. The second-order valence-electron chi connectivity index (χ2n) is 5.85. The number of thioether (sulfide) groups is 1. The maximum absolute atomic E-state index is 11.1. The van der Waals surface area contributed by atoms with Crippen molar-refractivity contribution in [2.24, 2.45) is 0 Å². The van der Waals surface area contributed by atoms with Crippen molar-refractivity contribution < 1.29 is 9.90 Å². The van der Waals surface area contributed by atoms with Crippen LogP contribution in [0.4, 0.5) is 5.69 Å². The van der Waals surface area contributed by atoms with Crippen LogP contribution in [-0.4, -0.2) is 34.7 Å². The number of rotatable bonds is 8. The van der Waals surface area contributed by atoms with Crippen molar-refractivity contribution in [3.63, 3.8) is 0 Å². The van der Waals surface area contributed by atoms with Gasteiger partial charge in [-0.05, 0) is 38.5 Å². The number of anilines is 1. The third kappa shape index (κ3) is 8.09. The highest BCUT2D eigenvalue weighted by atomic mass is 32.2. The predicted molar refractivity (Wildman–Crippen MR) is 90.8 cm³/mol. The molecule has 0 fully saturated rings. The quantitative estimate of drug-likeness (QED) is 0.646. The minimum atomic E-state index is -0.608. The van der Waals surface area contributed by atoms with E-state index in [-0.39, 0.29) is 11.9 Å². The number of benzene rings is 1. The first-order valence-corrected chi connectivity index (χ1v) is 8.34. The van der Waals surface area contributed by atoms with E-state index in [1.54, 1.807) is 11.8 Å². The SMILES string of the molecule is CC(=O)Nc1cccc([C@@H](C)NCCSCC(C)(C)O)c1. The minimum absolute atomic E-state index is 0.0595. The van der Waals surface area contributed by atoms with Gasteiger partial charge < -0.3 is 15.7 Å². The Bertz CT molecular complexity index is 458. The monoisotopic (exact) mass is 310 g/mol. The van der Waals surface area contributed by atoms with Crippen molar-refractivity contribution in [3.8, 4) is 0 Å². The second-order valence-corrected chi connectivity index (χ2v) is 6.95. The summed E-state index contributed by atoms with van der Waals surface area (Å²) in [4.78, 5) is 11.1. The number of carbonyl (C=O) groups excluding carboxylic acids is 1. The molecule has 118 valence electrons. The van der Waals surface area contributed by atoms with E-state index in [9.17, 15) is 9.90 Å². The summed E-state index contributed by atoms with van der Waals surface area (Å²) < 4.78 is 0. The van der Waals surface area contributed by atoms with Crippen molar-refractivity contribution in [1.82, 2.24) is 5.32 Å². The standard InChI is InChI=1S/C16H26N2O2S/c1-12(17-8-9-21-11-16(3,4)20)14-6-5-7-15(10-14)18-13(2)19/h5-7,10,12,17,20H,8-9,11H2,1-4H3,(H,18,19)/t12-/m1/s1. The zero-order chi connectivity index (χ0) is 15.9. The summed E-state index contributed by atoms with van der Waals surface area (Å²) in [5.74, 6) is 1.64. The van der Waals surface area contributed by atoms with Crippen LogP contribution in [0.1, 0.15) is 39.3 Å². The van der Waals surface area contributed by atoms with Crippen LogP contribution >= 0.6 is 11.8 Å². The van der Waals surface area contributed by atoms with Crippen LogP contribution in [0.15, 0.2) is 24.3 Å². The molecule has 0 unspecified atom stereocenters. The molecule has 1 atom stereocenters. The van der Waals surface area contributed by atoms with Crippen molar-refractivity contribution in [2.45, 2.75) is 39.3 Å². The Morgan fingerprint density at radius 1 is 1.43 bits per heavy atom. The number of carbonyl (C=O) groups is 1. The molecule has 1 aromatic carbocycles. The molecule has 0 radical (unpaired) electrons. The van der Waals surface area contributed by atoms with Crippen LogP contribution < -0.4 is 10.6 Å². The molecule has 0 aliphatic heterocycles. The highest BCUT2D eigenvalue weighted by Gasteiger charge is 2.12. The van der Waals surface area contributed by atoms with Gasteiger partial charge in [0.15, 0.2) is 0 Å². The van der Waals surface area contributed by atoms with E-state index < -0.39 is 5.60 Å². The number of hydrogen-bond acceptors (Lipinski definition) is 4. The molecule has 0 bridgehead atoms. The summed E-state index contributed by atoms with van der Waals surface area (Å²) in [6.45, 7) is 8.14. The van der Waals surface area contributed by atoms with Gasteiger partial charge in [-0.3, -0.25) is 4.79 Å². The van der Waals surface area contributed by atoms with Gasteiger partial charge in [0.05, 0.1) is 5.60 Å². The maximum atomic E-state index is 11.1. The Morgan fingerprint density at radius 3 is 2.76 bits per heavy atom. The predicted octanol–water partition coefficient (Wildman–Crippen LogP) is 2.80. The van der Waals surface area contributed by atoms with Gasteiger partial charge in [0, 0.05) is 36.7 Å². The lowest BCUT2D eigenvalue weighted by molar-refractivity contribution is -0.114. The molecule has 0 heterocycles. The van der Waals surface area contributed by atoms with Gasteiger partial charge in [-0.2, -0.15) is 11.8 Å². The molecule has 0 saturated heterocycles. The van der Waals surface area contributed by atoms with Crippen LogP contribution in [0.2, 0.25) is 0 Å². The number of amides is 1. The normalized spacial score (nSPS) is 13.0. The maximum Gasteiger partial charge on any atom is 0.221 e. The summed E-state index contributed by atoms with van der Waals surface area (Å²) in [7, 11) is 0. The molecule has 0 aliphatic carbocycles. The Balaban J connectivity index is 2.38. The van der Waals surface area contributed by atoms with Crippen LogP contribution in [0.5, 0.6) is 0 Å². The molecule has 21 heavy (non-hydrogen) atoms. The molecular formula is C16H26N2O2S. The average Bonchev–Trinajstić information content (AvgIpc) is 2.36. The van der Waals surface area contributed by atoms with E-state index in [1.165, 1.54) is 6.92 Å². The molecule has 0 spiro atoms. The van der Waals surface area contributed by atoms with Gasteiger partial charge in [-0.1, -0.05) is 12.1 Å². The molecule has 0 aliphatic rings. The van der Waals surface area contributed by atoms with Crippen LogP contribution in [0, 0.1) is 0 Å². The van der Waals surface area contributed by atoms with E-state index in [0.29, 0.717) is 0 Å². The first-order valence-electron chi connectivity index (χ1n) is 7.19. The van der Waals surface area contributed by atoms with Gasteiger partial charge in [-0.25, -0.2) is 0 Å². The number of nitrogens with one attached hydrogen (secondary N) is 2. The van der Waals surface area contributed by atoms with E-state index in [4.69, 9.17) is 0 Å². The first kappa shape index (κ1) is 18.0. The van der Waals surface area contributed by atoms with Gasteiger partial charge in [0.25, 0.3) is 0 Å². The molecule has 0 aromatic heterocycles. The molecule has 1 amide bonds. The molecule has 1 rings (SSSR count). The van der Waals surface area contributed by atoms with Crippen LogP contribution in [-0.2, 0) is 4.79 Å². The average molecular weight is 310 g/mol. The lowest BCUT2D eigenvalue weighted by atomic mass is 10.1. The summed E-state index contributed by atoms with van der Waals surface area (Å²) in [5.41, 5.74) is 1.36. The van der Waals surface area contributed by atoms with Gasteiger partial charge >= 0.3 is 0 Å². The fourth-order valence-corrected chi connectivity index (χ4v) is 2.78. The Morgan fingerprint density at radius 2 is 2.14 bits per heavy atom. The van der Waals surface area contributed by atoms with Crippen molar-refractivity contribution >= 4 is 23.4 Å². The van der Waals surface area contributed by atoms with E-state index >= 15 is 0 Å². The summed E-state index contributed by atoms with van der Waals surface area (Å²) in [6.07, 6.45) is 0. The Labute approximate surface area is 131 Å². The van der Waals surface area contributed by atoms with Gasteiger partial charge in [0.1, 0.15) is 0 Å². The summed E-state index contributed by atoms with van der Waals surface area (Å²) in [5, 5.41) is 15.9. The van der Waals surface area contributed by atoms with E-state index in [0.717, 1.165) is 29.3 Å². The number of aliphatic hydroxyl groups is 1. The molecule has 4 nitrogen and oxygen atoms in total. The molecule has 0 saturated carbocycles. The minimum Gasteiger partial charge on any atom is -0.390 e. The lowest BCUT2D eigenvalue weighted by Gasteiger charge is -2.18. The van der Waals surface area contributed by atoms with Gasteiger partial charge in [-0.15, -0.1) is 0 Å². The first-order chi connectivity index (χ1) is 9.78. The fraction of sp³-hybridized carbons (Fsp3) is 0.562. The molecule has 1 aromatic rings. The fourth-order valence-electron chi connectivity index (χ4n) is 1.88. The highest BCUT2D eigenvalue weighted by Crippen LogP contribution is 2.18. The van der Waals surface area contributed by atoms with Gasteiger partial charge in [0.2, 0.25) is 5.91 Å². The molecule has 3 N–H and O–H groups in total.